The first-order valence-electron chi connectivity index (χ1n) is 3.34. The van der Waals surface area contributed by atoms with E-state index in [0.717, 1.165) is 0 Å². The number of esters is 1. The van der Waals surface area contributed by atoms with Crippen molar-refractivity contribution in [2.45, 2.75) is 6.92 Å². The smallest absolute Gasteiger partial charge is 0.376 e. The lowest BCUT2D eigenvalue weighted by molar-refractivity contribution is 0.0586. The molecule has 0 aliphatic rings. The lowest BCUT2D eigenvalue weighted by Gasteiger charge is -2.01. The molecule has 13 heavy (non-hydrogen) atoms. The van der Waals surface area contributed by atoms with Crippen LogP contribution in [-0.4, -0.2) is 23.0 Å². The van der Waals surface area contributed by atoms with Crippen molar-refractivity contribution in [1.29, 1.82) is 0 Å². The molecule has 70 valence electrons. The van der Waals surface area contributed by atoms with E-state index in [4.69, 9.17) is 23.2 Å². The average molecular weight is 221 g/mol. The fourth-order valence-electron chi connectivity index (χ4n) is 0.646. The summed E-state index contributed by atoms with van der Waals surface area (Å²) in [6, 6.07) is 0. The molecule has 6 heteroatoms. The van der Waals surface area contributed by atoms with Gasteiger partial charge in [-0.15, -0.1) is 0 Å². The van der Waals surface area contributed by atoms with Crippen LogP contribution in [0, 0.1) is 6.92 Å². The van der Waals surface area contributed by atoms with Gasteiger partial charge in [0.2, 0.25) is 5.82 Å². The number of halogens is 2. The molecule has 0 spiro atoms. The largest absolute Gasteiger partial charge is 0.463 e. The monoisotopic (exact) mass is 220 g/mol. The van der Waals surface area contributed by atoms with Gasteiger partial charge in [0.1, 0.15) is 10.3 Å². The summed E-state index contributed by atoms with van der Waals surface area (Å²) in [6.45, 7) is 1.66. The number of aromatic nitrogens is 2. The highest BCUT2D eigenvalue weighted by Gasteiger charge is 2.13. The van der Waals surface area contributed by atoms with Gasteiger partial charge in [-0.05, 0) is 6.92 Å². The number of ether oxygens (including phenoxy) is 1. The number of hydrogen-bond acceptors (Lipinski definition) is 4. The zero-order valence-electron chi connectivity index (χ0n) is 6.97. The highest BCUT2D eigenvalue weighted by Crippen LogP contribution is 2.19. The van der Waals surface area contributed by atoms with Gasteiger partial charge in [-0.25, -0.2) is 14.8 Å². The maximum absolute atomic E-state index is 11.0. The highest BCUT2D eigenvalue weighted by atomic mass is 35.5. The number of carbonyl (C=O) groups excluding carboxylic acids is 1. The van der Waals surface area contributed by atoms with Gasteiger partial charge in [-0.2, -0.15) is 0 Å². The quantitative estimate of drug-likeness (QED) is 0.536. The van der Waals surface area contributed by atoms with E-state index in [0.29, 0.717) is 5.56 Å². The Bertz CT molecular complexity index is 331. The van der Waals surface area contributed by atoms with Crippen LogP contribution in [0.25, 0.3) is 0 Å². The Morgan fingerprint density at radius 3 is 2.15 bits per heavy atom. The fraction of sp³-hybridized carbons (Fsp3) is 0.286. The second-order valence-corrected chi connectivity index (χ2v) is 2.96. The van der Waals surface area contributed by atoms with Crippen molar-refractivity contribution < 1.29 is 9.53 Å². The summed E-state index contributed by atoms with van der Waals surface area (Å²) < 4.78 is 4.40. The molecule has 0 saturated carbocycles. The van der Waals surface area contributed by atoms with Gasteiger partial charge in [0.25, 0.3) is 0 Å². The number of hydrogen-bond donors (Lipinski definition) is 0. The first kappa shape index (κ1) is 10.2. The van der Waals surface area contributed by atoms with E-state index < -0.39 is 5.97 Å². The van der Waals surface area contributed by atoms with E-state index in [1.165, 1.54) is 7.11 Å². The molecule has 0 aromatic carbocycles. The molecule has 1 aromatic rings. The summed E-state index contributed by atoms with van der Waals surface area (Å²) in [6.07, 6.45) is 0. The molecule has 1 rings (SSSR count). The Labute approximate surface area is 84.8 Å². The van der Waals surface area contributed by atoms with Crippen LogP contribution in [0.5, 0.6) is 0 Å². The van der Waals surface area contributed by atoms with Crippen molar-refractivity contribution in [3.63, 3.8) is 0 Å². The normalized spacial score (nSPS) is 9.85. The maximum atomic E-state index is 11.0. The van der Waals surface area contributed by atoms with Crippen LogP contribution >= 0.6 is 23.2 Å². The highest BCUT2D eigenvalue weighted by molar-refractivity contribution is 6.34. The molecule has 0 saturated heterocycles. The molecule has 0 amide bonds. The SMILES string of the molecule is COC(=O)c1nc(Cl)c(C)c(Cl)n1. The average Bonchev–Trinajstić information content (AvgIpc) is 2.12. The molecule has 0 unspecified atom stereocenters. The standard InChI is InChI=1S/C7H6Cl2N2O2/c1-3-4(8)10-6(7(12)13-2)11-5(3)9/h1-2H3. The van der Waals surface area contributed by atoms with Crippen molar-refractivity contribution in [3.05, 3.63) is 21.7 Å². The predicted octanol–water partition coefficient (Wildman–Crippen LogP) is 1.88. The molecule has 4 nitrogen and oxygen atoms in total. The molecule has 0 fully saturated rings. The zero-order valence-corrected chi connectivity index (χ0v) is 8.48. The molecule has 1 heterocycles. The van der Waals surface area contributed by atoms with Crippen molar-refractivity contribution in [1.82, 2.24) is 9.97 Å². The van der Waals surface area contributed by atoms with Crippen LogP contribution in [0.1, 0.15) is 16.2 Å². The maximum Gasteiger partial charge on any atom is 0.376 e. The summed E-state index contributed by atoms with van der Waals surface area (Å²) in [4.78, 5) is 18.4. The topological polar surface area (TPSA) is 52.1 Å². The van der Waals surface area contributed by atoms with Gasteiger partial charge in [-0.1, -0.05) is 23.2 Å². The predicted molar refractivity (Wildman–Crippen MR) is 48.1 cm³/mol. The fourth-order valence-corrected chi connectivity index (χ4v) is 1.03. The molecular weight excluding hydrogens is 215 g/mol. The number of carbonyl (C=O) groups is 1. The third-order valence-corrected chi connectivity index (χ3v) is 2.13. The van der Waals surface area contributed by atoms with Crippen LogP contribution in [0.2, 0.25) is 10.3 Å². The van der Waals surface area contributed by atoms with Crippen LogP contribution in [0.4, 0.5) is 0 Å². The molecule has 0 aliphatic carbocycles. The Hall–Kier alpha value is -0.870. The Morgan fingerprint density at radius 1 is 1.31 bits per heavy atom. The summed E-state index contributed by atoms with van der Waals surface area (Å²) in [7, 11) is 1.23. The number of methoxy groups -OCH3 is 1. The van der Waals surface area contributed by atoms with Gasteiger partial charge in [-0.3, -0.25) is 0 Å². The van der Waals surface area contributed by atoms with Crippen LogP contribution in [0.3, 0.4) is 0 Å². The zero-order chi connectivity index (χ0) is 10.0. The van der Waals surface area contributed by atoms with Gasteiger partial charge >= 0.3 is 5.97 Å². The lowest BCUT2D eigenvalue weighted by atomic mass is 10.4. The van der Waals surface area contributed by atoms with E-state index in [1.54, 1.807) is 6.92 Å². The van der Waals surface area contributed by atoms with E-state index >= 15 is 0 Å². The summed E-state index contributed by atoms with van der Waals surface area (Å²) in [5.41, 5.74) is 0.538. The van der Waals surface area contributed by atoms with Gasteiger partial charge in [0, 0.05) is 5.56 Å². The molecule has 0 atom stereocenters. The minimum atomic E-state index is -0.663. The summed E-state index contributed by atoms with van der Waals surface area (Å²) in [5, 5.41) is 0.306. The van der Waals surface area contributed by atoms with Crippen molar-refractivity contribution in [2.24, 2.45) is 0 Å². The minimum absolute atomic E-state index is 0.136. The van der Waals surface area contributed by atoms with Crippen molar-refractivity contribution >= 4 is 29.2 Å². The van der Waals surface area contributed by atoms with Crippen molar-refractivity contribution in [3.8, 4) is 0 Å². The van der Waals surface area contributed by atoms with Crippen LogP contribution in [0.15, 0.2) is 0 Å². The van der Waals surface area contributed by atoms with Crippen LogP contribution in [-0.2, 0) is 4.74 Å². The molecule has 0 N–H and O–H groups in total. The third kappa shape index (κ3) is 2.08. The van der Waals surface area contributed by atoms with E-state index in [-0.39, 0.29) is 16.1 Å². The second-order valence-electron chi connectivity index (χ2n) is 2.25. The van der Waals surface area contributed by atoms with Crippen LogP contribution < -0.4 is 0 Å². The molecule has 0 aliphatic heterocycles. The Balaban J connectivity index is 3.20. The minimum Gasteiger partial charge on any atom is -0.463 e. The third-order valence-electron chi connectivity index (χ3n) is 1.39. The first-order chi connectivity index (χ1) is 6.06. The van der Waals surface area contributed by atoms with E-state index in [9.17, 15) is 4.79 Å². The summed E-state index contributed by atoms with van der Waals surface area (Å²) >= 11 is 11.4. The first-order valence-corrected chi connectivity index (χ1v) is 4.09. The second kappa shape index (κ2) is 3.89. The van der Waals surface area contributed by atoms with Gasteiger partial charge in [0.15, 0.2) is 0 Å². The molecule has 0 radical (unpaired) electrons. The molecule has 0 bridgehead atoms. The Kier molecular flexibility index (Phi) is 3.06. The van der Waals surface area contributed by atoms with Crippen molar-refractivity contribution in [2.75, 3.05) is 7.11 Å². The summed E-state index contributed by atoms with van der Waals surface area (Å²) in [5.74, 6) is -0.799. The van der Waals surface area contributed by atoms with Gasteiger partial charge in [0.05, 0.1) is 7.11 Å². The lowest BCUT2D eigenvalue weighted by Crippen LogP contribution is -2.08. The van der Waals surface area contributed by atoms with E-state index in [1.807, 2.05) is 0 Å². The molecule has 1 aromatic heterocycles. The van der Waals surface area contributed by atoms with E-state index in [2.05, 4.69) is 14.7 Å². The Morgan fingerprint density at radius 2 is 1.77 bits per heavy atom. The van der Waals surface area contributed by atoms with Gasteiger partial charge < -0.3 is 4.74 Å². The molecular formula is C7H6Cl2N2O2. The number of nitrogens with zero attached hydrogens (tertiary/aromatic N) is 2. The number of rotatable bonds is 1.